The number of fused-ring (bicyclic) bond motifs is 1. The van der Waals surface area contributed by atoms with Gasteiger partial charge in [0.2, 0.25) is 0 Å². The highest BCUT2D eigenvalue weighted by molar-refractivity contribution is 6.34. The Labute approximate surface area is 273 Å². The number of carbonyl (C=O) groups is 2. The quantitative estimate of drug-likeness (QED) is 0.203. The molecule has 0 saturated heterocycles. The van der Waals surface area contributed by atoms with Crippen LogP contribution in [0.25, 0.3) is 5.65 Å². The molecule has 0 spiro atoms. The van der Waals surface area contributed by atoms with Crippen LogP contribution in [-0.4, -0.2) is 69.0 Å². The van der Waals surface area contributed by atoms with Gasteiger partial charge in [-0.15, -0.1) is 5.10 Å². The Morgan fingerprint density at radius 1 is 1.02 bits per heavy atom. The molecule has 0 saturated carbocycles. The Hall–Kier alpha value is -4.58. The van der Waals surface area contributed by atoms with E-state index in [4.69, 9.17) is 30.8 Å². The molecule has 0 fully saturated rings. The first-order valence-electron chi connectivity index (χ1n) is 15.0. The maximum absolute atomic E-state index is 14.3. The second-order valence-corrected chi connectivity index (χ2v) is 12.5. The maximum atomic E-state index is 14.3. The molecule has 1 atom stereocenters. The van der Waals surface area contributed by atoms with Gasteiger partial charge in [-0.25, -0.2) is 14.6 Å². The largest absolute Gasteiger partial charge is 0.497 e. The molecule has 0 aliphatic carbocycles. The molecule has 0 aliphatic heterocycles. The van der Waals surface area contributed by atoms with Gasteiger partial charge in [0.15, 0.2) is 5.65 Å². The molecule has 4 aromatic rings. The van der Waals surface area contributed by atoms with Crippen LogP contribution in [0, 0.1) is 5.92 Å². The van der Waals surface area contributed by atoms with Crippen molar-refractivity contribution in [3.05, 3.63) is 87.1 Å². The van der Waals surface area contributed by atoms with Crippen LogP contribution in [0.3, 0.4) is 0 Å². The van der Waals surface area contributed by atoms with Crippen LogP contribution in [0.2, 0.25) is 5.02 Å². The number of carbonyl (C=O) groups excluding carboxylic acids is 2. The molecule has 13 heteroatoms. The zero-order valence-corrected chi connectivity index (χ0v) is 28.0. The van der Waals surface area contributed by atoms with Gasteiger partial charge in [0.25, 0.3) is 11.8 Å². The van der Waals surface area contributed by atoms with E-state index in [9.17, 15) is 14.4 Å². The molecule has 4 rings (SSSR count). The third-order valence-corrected chi connectivity index (χ3v) is 7.47. The van der Waals surface area contributed by atoms with Crippen LogP contribution in [0.15, 0.2) is 59.4 Å². The van der Waals surface area contributed by atoms with E-state index < -0.39 is 23.4 Å². The number of hydrogen-bond donors (Lipinski definition) is 1. The van der Waals surface area contributed by atoms with E-state index in [1.807, 2.05) is 44.2 Å². The highest BCUT2D eigenvalue weighted by atomic mass is 35.5. The Bertz CT molecular complexity index is 1710. The molecule has 12 nitrogen and oxygen atoms in total. The number of amides is 2. The number of ether oxygens (including phenoxy) is 3. The minimum absolute atomic E-state index is 0.0650. The fourth-order valence-corrected chi connectivity index (χ4v) is 5.31. The molecule has 2 amide bonds. The Balaban J connectivity index is 1.82. The van der Waals surface area contributed by atoms with Crippen LogP contribution in [0.4, 0.5) is 4.79 Å². The lowest BCUT2D eigenvalue weighted by molar-refractivity contribution is 0.0519. The van der Waals surface area contributed by atoms with Crippen LogP contribution in [0.1, 0.15) is 68.8 Å². The zero-order valence-electron chi connectivity index (χ0n) is 27.2. The van der Waals surface area contributed by atoms with Gasteiger partial charge in [0.1, 0.15) is 22.2 Å². The fourth-order valence-electron chi connectivity index (χ4n) is 5.07. The Morgan fingerprint density at radius 3 is 2.28 bits per heavy atom. The molecule has 2 aromatic carbocycles. The number of aromatic nitrogens is 4. The summed E-state index contributed by atoms with van der Waals surface area (Å²) in [5.74, 6) is 0.522. The average molecular weight is 653 g/mol. The van der Waals surface area contributed by atoms with E-state index in [1.165, 1.54) is 11.7 Å². The predicted octanol–water partition coefficient (Wildman–Crippen LogP) is 5.36. The van der Waals surface area contributed by atoms with Crippen molar-refractivity contribution in [2.24, 2.45) is 5.92 Å². The van der Waals surface area contributed by atoms with E-state index >= 15 is 0 Å². The normalized spacial score (nSPS) is 12.2. The molecular formula is C33H41ClN6O6. The molecular weight excluding hydrogens is 612 g/mol. The van der Waals surface area contributed by atoms with Gasteiger partial charge in [0, 0.05) is 18.7 Å². The first-order chi connectivity index (χ1) is 21.8. The van der Waals surface area contributed by atoms with Crippen molar-refractivity contribution in [1.29, 1.82) is 0 Å². The van der Waals surface area contributed by atoms with Crippen molar-refractivity contribution in [3.63, 3.8) is 0 Å². The van der Waals surface area contributed by atoms with E-state index in [1.54, 1.807) is 57.0 Å². The number of benzene rings is 2. The minimum atomic E-state index is -0.686. The lowest BCUT2D eigenvalue weighted by atomic mass is 9.99. The third kappa shape index (κ3) is 7.97. The second-order valence-electron chi connectivity index (χ2n) is 12.1. The monoisotopic (exact) mass is 652 g/mol. The van der Waals surface area contributed by atoms with E-state index in [-0.39, 0.29) is 48.0 Å². The predicted molar refractivity (Wildman–Crippen MR) is 175 cm³/mol. The molecule has 46 heavy (non-hydrogen) atoms. The SMILES string of the molecule is COc1ccc(C(=O)N(CCCNC(=O)OC(C)(C)C)C(c2nc3c(Cl)c(OC)nn3c(=O)n2Cc2ccccc2)C(C)C)cc1. The smallest absolute Gasteiger partial charge is 0.407 e. The number of rotatable bonds is 12. The van der Waals surface area contributed by atoms with Crippen molar-refractivity contribution in [2.45, 2.75) is 59.2 Å². The number of nitrogens with one attached hydrogen (secondary N) is 1. The Kier molecular flexibility index (Phi) is 10.9. The van der Waals surface area contributed by atoms with E-state index in [0.717, 1.165) is 10.1 Å². The highest BCUT2D eigenvalue weighted by Gasteiger charge is 2.34. The summed E-state index contributed by atoms with van der Waals surface area (Å²) in [7, 11) is 2.97. The summed E-state index contributed by atoms with van der Waals surface area (Å²) in [5.41, 5.74) is 0.274. The third-order valence-electron chi connectivity index (χ3n) is 7.14. The summed E-state index contributed by atoms with van der Waals surface area (Å²) >= 11 is 6.58. The van der Waals surface area contributed by atoms with Gasteiger partial charge in [-0.3, -0.25) is 9.36 Å². The summed E-state index contributed by atoms with van der Waals surface area (Å²) in [6.07, 6.45) is -0.148. The van der Waals surface area contributed by atoms with Crippen molar-refractivity contribution >= 4 is 29.2 Å². The number of methoxy groups -OCH3 is 2. The molecule has 0 bridgehead atoms. The lowest BCUT2D eigenvalue weighted by Crippen LogP contribution is -2.43. The van der Waals surface area contributed by atoms with Gasteiger partial charge in [0.05, 0.1) is 26.8 Å². The first kappa shape index (κ1) is 34.3. The Morgan fingerprint density at radius 2 is 1.70 bits per heavy atom. The van der Waals surface area contributed by atoms with Crippen molar-refractivity contribution < 1.29 is 23.8 Å². The van der Waals surface area contributed by atoms with Gasteiger partial charge < -0.3 is 24.4 Å². The summed E-state index contributed by atoms with van der Waals surface area (Å²) < 4.78 is 18.6. The molecule has 246 valence electrons. The van der Waals surface area contributed by atoms with Crippen molar-refractivity contribution in [2.75, 3.05) is 27.3 Å². The molecule has 0 aliphatic rings. The number of alkyl carbamates (subject to hydrolysis) is 1. The molecule has 1 unspecified atom stereocenters. The van der Waals surface area contributed by atoms with Crippen LogP contribution in [0.5, 0.6) is 11.6 Å². The summed E-state index contributed by atoms with van der Waals surface area (Å²) in [6, 6.07) is 15.6. The topological polar surface area (TPSA) is 129 Å². The van der Waals surface area contributed by atoms with E-state index in [2.05, 4.69) is 10.4 Å². The number of halogens is 1. The maximum Gasteiger partial charge on any atom is 0.407 e. The zero-order chi connectivity index (χ0) is 33.6. The lowest BCUT2D eigenvalue weighted by Gasteiger charge is -2.35. The van der Waals surface area contributed by atoms with Crippen molar-refractivity contribution in [1.82, 2.24) is 29.4 Å². The van der Waals surface area contributed by atoms with Gasteiger partial charge >= 0.3 is 11.8 Å². The average Bonchev–Trinajstić information content (AvgIpc) is 3.34. The second kappa shape index (κ2) is 14.7. The standard InChI is InChI=1S/C33H41ClN6O6/c1-21(2)26(28-36-27-25(34)29(45-7)37-40(27)32(43)39(28)20-22-12-9-8-10-13-22)38(19-11-18-35-31(42)46-33(3,4)5)30(41)23-14-16-24(44-6)17-15-23/h8-10,12-17,21,26H,11,18-20H2,1-7H3,(H,35,42). The number of nitrogens with zero attached hydrogens (tertiary/aromatic N) is 5. The molecule has 1 N–H and O–H groups in total. The minimum Gasteiger partial charge on any atom is -0.497 e. The molecule has 2 heterocycles. The van der Waals surface area contributed by atoms with Gasteiger partial charge in [-0.05, 0) is 62.9 Å². The van der Waals surface area contributed by atoms with Crippen LogP contribution >= 0.6 is 11.6 Å². The van der Waals surface area contributed by atoms with Crippen LogP contribution in [-0.2, 0) is 11.3 Å². The molecule has 0 radical (unpaired) electrons. The van der Waals surface area contributed by atoms with Crippen molar-refractivity contribution in [3.8, 4) is 11.6 Å². The summed E-state index contributed by atoms with van der Waals surface area (Å²) in [4.78, 5) is 47.3. The number of hydrogen-bond acceptors (Lipinski definition) is 8. The summed E-state index contributed by atoms with van der Waals surface area (Å²) in [5, 5.41) is 7.09. The highest BCUT2D eigenvalue weighted by Crippen LogP contribution is 2.32. The molecule has 2 aromatic heterocycles. The summed E-state index contributed by atoms with van der Waals surface area (Å²) in [6.45, 7) is 9.93. The van der Waals surface area contributed by atoms with E-state index in [0.29, 0.717) is 23.6 Å². The van der Waals surface area contributed by atoms with Gasteiger partial charge in [-0.1, -0.05) is 55.8 Å². The first-order valence-corrected chi connectivity index (χ1v) is 15.4. The van der Waals surface area contributed by atoms with Gasteiger partial charge in [-0.2, -0.15) is 4.52 Å². The fraction of sp³-hybridized carbons (Fsp3) is 0.424. The van der Waals surface area contributed by atoms with Crippen LogP contribution < -0.4 is 20.5 Å².